The summed E-state index contributed by atoms with van der Waals surface area (Å²) in [7, 11) is 0. The minimum absolute atomic E-state index is 0.639. The summed E-state index contributed by atoms with van der Waals surface area (Å²) < 4.78 is 0. The molecule has 1 N–H and O–H groups in total. The second-order valence-electron chi connectivity index (χ2n) is 6.56. The van der Waals surface area contributed by atoms with Crippen molar-refractivity contribution in [3.8, 4) is 0 Å². The highest BCUT2D eigenvalue weighted by atomic mass is 15.4. The number of rotatable bonds is 4. The predicted molar refractivity (Wildman–Crippen MR) is 105 cm³/mol. The second-order valence-corrected chi connectivity index (χ2v) is 6.56. The van der Waals surface area contributed by atoms with Crippen molar-refractivity contribution in [3.05, 3.63) is 54.0 Å². The van der Waals surface area contributed by atoms with E-state index in [-0.39, 0.29) is 0 Å². The van der Waals surface area contributed by atoms with Crippen LogP contribution in [0.3, 0.4) is 0 Å². The molecule has 0 bridgehead atoms. The van der Waals surface area contributed by atoms with Crippen molar-refractivity contribution in [2.75, 3.05) is 41.3 Å². The Morgan fingerprint density at radius 2 is 1.48 bits per heavy atom. The number of hydrogen-bond donors (Lipinski definition) is 1. The minimum Gasteiger partial charge on any atom is -0.338 e. The summed E-state index contributed by atoms with van der Waals surface area (Å²) in [6, 6.07) is 8.04. The third kappa shape index (κ3) is 3.79. The molecule has 0 spiro atoms. The third-order valence-corrected chi connectivity index (χ3v) is 4.68. The highest BCUT2D eigenvalue weighted by Gasteiger charge is 2.21. The zero-order chi connectivity index (χ0) is 18.6. The molecule has 138 valence electrons. The standard InChI is InChI=1S/C19H22N8/c1-14-5-3-6-15(2)17(14)23-16-13-22-25-19(24-16)27-11-9-26(10-12-27)18-20-7-4-8-21-18/h3-8,13H,9-12H2,1-2H3,(H,23,24,25). The molecule has 0 saturated carbocycles. The van der Waals surface area contributed by atoms with E-state index in [4.69, 9.17) is 0 Å². The van der Waals surface area contributed by atoms with Crippen LogP contribution in [0.15, 0.2) is 42.9 Å². The van der Waals surface area contributed by atoms with Crippen LogP contribution in [0.25, 0.3) is 0 Å². The second kappa shape index (κ2) is 7.53. The molecule has 8 nitrogen and oxygen atoms in total. The SMILES string of the molecule is Cc1cccc(C)c1Nc1cnnc(N2CCN(c3ncccn3)CC2)n1. The molecule has 3 aromatic rings. The zero-order valence-corrected chi connectivity index (χ0v) is 15.5. The molecule has 1 aliphatic heterocycles. The number of piperazine rings is 1. The molecule has 1 aromatic carbocycles. The van der Waals surface area contributed by atoms with E-state index in [2.05, 4.69) is 72.3 Å². The van der Waals surface area contributed by atoms with Crippen LogP contribution in [-0.4, -0.2) is 51.3 Å². The van der Waals surface area contributed by atoms with E-state index in [0.717, 1.165) is 37.8 Å². The van der Waals surface area contributed by atoms with E-state index in [9.17, 15) is 0 Å². The first kappa shape index (κ1) is 17.1. The lowest BCUT2D eigenvalue weighted by Crippen LogP contribution is -2.47. The Bertz CT molecular complexity index is 886. The van der Waals surface area contributed by atoms with E-state index in [0.29, 0.717) is 11.8 Å². The lowest BCUT2D eigenvalue weighted by atomic mass is 10.1. The van der Waals surface area contributed by atoms with Crippen molar-refractivity contribution in [1.29, 1.82) is 0 Å². The fourth-order valence-corrected chi connectivity index (χ4v) is 3.19. The maximum atomic E-state index is 4.66. The number of anilines is 4. The van der Waals surface area contributed by atoms with Gasteiger partial charge in [-0.3, -0.25) is 0 Å². The summed E-state index contributed by atoms with van der Waals surface area (Å²) in [5.74, 6) is 2.10. The normalized spacial score (nSPS) is 14.3. The smallest absolute Gasteiger partial charge is 0.247 e. The number of benzene rings is 1. The molecular formula is C19H22N8. The topological polar surface area (TPSA) is 83.0 Å². The number of para-hydroxylation sites is 1. The van der Waals surface area contributed by atoms with Crippen molar-refractivity contribution in [3.63, 3.8) is 0 Å². The van der Waals surface area contributed by atoms with Gasteiger partial charge in [0.05, 0.1) is 6.20 Å². The van der Waals surface area contributed by atoms with Crippen molar-refractivity contribution in [1.82, 2.24) is 25.1 Å². The average Bonchev–Trinajstić information content (AvgIpc) is 2.72. The molecule has 1 saturated heterocycles. The van der Waals surface area contributed by atoms with Gasteiger partial charge >= 0.3 is 0 Å². The number of hydrogen-bond acceptors (Lipinski definition) is 8. The van der Waals surface area contributed by atoms with Crippen molar-refractivity contribution in [2.24, 2.45) is 0 Å². The third-order valence-electron chi connectivity index (χ3n) is 4.68. The largest absolute Gasteiger partial charge is 0.338 e. The first-order valence-corrected chi connectivity index (χ1v) is 9.00. The lowest BCUT2D eigenvalue weighted by molar-refractivity contribution is 0.624. The molecule has 2 aromatic heterocycles. The maximum absolute atomic E-state index is 4.66. The van der Waals surface area contributed by atoms with Gasteiger partial charge in [-0.2, -0.15) is 10.1 Å². The maximum Gasteiger partial charge on any atom is 0.247 e. The Hall–Kier alpha value is -3.29. The van der Waals surface area contributed by atoms with Gasteiger partial charge in [0.1, 0.15) is 0 Å². The zero-order valence-electron chi connectivity index (χ0n) is 15.5. The van der Waals surface area contributed by atoms with Crippen LogP contribution in [0.1, 0.15) is 11.1 Å². The van der Waals surface area contributed by atoms with Crippen LogP contribution < -0.4 is 15.1 Å². The monoisotopic (exact) mass is 362 g/mol. The quantitative estimate of drug-likeness (QED) is 0.757. The molecule has 0 aliphatic carbocycles. The van der Waals surface area contributed by atoms with Crippen LogP contribution in [0.4, 0.5) is 23.4 Å². The summed E-state index contributed by atoms with van der Waals surface area (Å²) in [6.07, 6.45) is 5.19. The van der Waals surface area contributed by atoms with Crippen LogP contribution in [0.2, 0.25) is 0 Å². The van der Waals surface area contributed by atoms with Crippen LogP contribution in [0.5, 0.6) is 0 Å². The van der Waals surface area contributed by atoms with Gasteiger partial charge in [0, 0.05) is 44.3 Å². The Kier molecular flexibility index (Phi) is 4.78. The Morgan fingerprint density at radius 1 is 0.852 bits per heavy atom. The van der Waals surface area contributed by atoms with E-state index in [1.165, 1.54) is 11.1 Å². The number of aryl methyl sites for hydroxylation is 2. The molecule has 27 heavy (non-hydrogen) atoms. The molecule has 0 amide bonds. The van der Waals surface area contributed by atoms with E-state index >= 15 is 0 Å². The lowest BCUT2D eigenvalue weighted by Gasteiger charge is -2.34. The molecule has 0 atom stereocenters. The van der Waals surface area contributed by atoms with Crippen molar-refractivity contribution < 1.29 is 0 Å². The molecule has 1 aliphatic rings. The van der Waals surface area contributed by atoms with Crippen molar-refractivity contribution in [2.45, 2.75) is 13.8 Å². The van der Waals surface area contributed by atoms with E-state index in [1.54, 1.807) is 18.6 Å². The van der Waals surface area contributed by atoms with Gasteiger partial charge in [-0.1, -0.05) is 18.2 Å². The summed E-state index contributed by atoms with van der Waals surface area (Å²) in [5.41, 5.74) is 3.41. The Labute approximate surface area is 158 Å². The van der Waals surface area contributed by atoms with Crippen LogP contribution >= 0.6 is 0 Å². The summed E-state index contributed by atoms with van der Waals surface area (Å²) >= 11 is 0. The predicted octanol–water partition coefficient (Wildman–Crippen LogP) is 2.35. The summed E-state index contributed by atoms with van der Waals surface area (Å²) in [4.78, 5) is 17.6. The molecular weight excluding hydrogens is 340 g/mol. The summed E-state index contributed by atoms with van der Waals surface area (Å²) in [5, 5.41) is 11.7. The minimum atomic E-state index is 0.639. The van der Waals surface area contributed by atoms with Gasteiger partial charge in [-0.25, -0.2) is 9.97 Å². The molecule has 4 rings (SSSR count). The molecule has 3 heterocycles. The molecule has 8 heteroatoms. The van der Waals surface area contributed by atoms with Gasteiger partial charge in [-0.05, 0) is 31.0 Å². The first-order valence-electron chi connectivity index (χ1n) is 9.00. The van der Waals surface area contributed by atoms with Gasteiger partial charge < -0.3 is 15.1 Å². The van der Waals surface area contributed by atoms with Crippen LogP contribution in [-0.2, 0) is 0 Å². The first-order chi connectivity index (χ1) is 13.2. The Balaban J connectivity index is 1.46. The van der Waals surface area contributed by atoms with Crippen molar-refractivity contribution >= 4 is 23.4 Å². The van der Waals surface area contributed by atoms with Gasteiger partial charge in [-0.15, -0.1) is 5.10 Å². The van der Waals surface area contributed by atoms with Crippen LogP contribution in [0, 0.1) is 13.8 Å². The van der Waals surface area contributed by atoms with Gasteiger partial charge in [0.25, 0.3) is 0 Å². The van der Waals surface area contributed by atoms with Gasteiger partial charge in [0.15, 0.2) is 5.82 Å². The number of nitrogens with zero attached hydrogens (tertiary/aromatic N) is 7. The fraction of sp³-hybridized carbons (Fsp3) is 0.316. The van der Waals surface area contributed by atoms with Gasteiger partial charge in [0.2, 0.25) is 11.9 Å². The summed E-state index contributed by atoms with van der Waals surface area (Å²) in [6.45, 7) is 7.40. The Morgan fingerprint density at radius 3 is 2.15 bits per heavy atom. The molecule has 0 radical (unpaired) electrons. The van der Waals surface area contributed by atoms with E-state index < -0.39 is 0 Å². The molecule has 1 fully saturated rings. The molecule has 0 unspecified atom stereocenters. The highest BCUT2D eigenvalue weighted by molar-refractivity contribution is 5.64. The highest BCUT2D eigenvalue weighted by Crippen LogP contribution is 2.23. The average molecular weight is 362 g/mol. The van der Waals surface area contributed by atoms with E-state index in [1.807, 2.05) is 6.07 Å². The fourth-order valence-electron chi connectivity index (χ4n) is 3.19. The number of nitrogens with one attached hydrogen (secondary N) is 1. The number of aromatic nitrogens is 5.